The zero-order valence-electron chi connectivity index (χ0n) is 12.2. The van der Waals surface area contributed by atoms with Crippen LogP contribution in [0.2, 0.25) is 0 Å². The Morgan fingerprint density at radius 1 is 1.35 bits per heavy atom. The van der Waals surface area contributed by atoms with Crippen LogP contribution in [0.3, 0.4) is 0 Å². The molecule has 0 fully saturated rings. The van der Waals surface area contributed by atoms with Gasteiger partial charge in [0.25, 0.3) is 11.7 Å². The molecule has 23 heavy (non-hydrogen) atoms. The van der Waals surface area contributed by atoms with Gasteiger partial charge in [0.15, 0.2) is 0 Å². The molecule has 0 aliphatic rings. The summed E-state index contributed by atoms with van der Waals surface area (Å²) < 4.78 is 25.1. The number of alkyl halides is 2. The van der Waals surface area contributed by atoms with Gasteiger partial charge in [0, 0.05) is 19.8 Å². The van der Waals surface area contributed by atoms with E-state index in [1.54, 1.807) is 31.3 Å². The fourth-order valence-electron chi connectivity index (χ4n) is 1.97. The van der Waals surface area contributed by atoms with Gasteiger partial charge in [0.05, 0.1) is 17.2 Å². The smallest absolute Gasteiger partial charge is 0.290 e. The Hall–Kier alpha value is -2.46. The van der Waals surface area contributed by atoms with Crippen molar-refractivity contribution in [3.8, 4) is 6.07 Å². The van der Waals surface area contributed by atoms with Crippen molar-refractivity contribution in [3.05, 3.63) is 59.3 Å². The highest BCUT2D eigenvalue weighted by molar-refractivity contribution is 7.99. The van der Waals surface area contributed by atoms with Gasteiger partial charge < -0.3 is 4.90 Å². The third-order valence-electron chi connectivity index (χ3n) is 3.05. The molecule has 1 amide bonds. The Morgan fingerprint density at radius 2 is 2.04 bits per heavy atom. The van der Waals surface area contributed by atoms with E-state index in [0.29, 0.717) is 12.1 Å². The molecule has 0 spiro atoms. The first-order valence-electron chi connectivity index (χ1n) is 6.65. The zero-order valence-corrected chi connectivity index (χ0v) is 13.1. The minimum absolute atomic E-state index is 0.0131. The van der Waals surface area contributed by atoms with Gasteiger partial charge in [-0.15, -0.1) is 0 Å². The predicted molar refractivity (Wildman–Crippen MR) is 83.1 cm³/mol. The minimum atomic E-state index is -2.64. The van der Waals surface area contributed by atoms with Crippen LogP contribution in [-0.2, 0) is 6.54 Å². The van der Waals surface area contributed by atoms with Crippen LogP contribution in [0.15, 0.2) is 47.6 Å². The Kier molecular flexibility index (Phi) is 5.66. The lowest BCUT2D eigenvalue weighted by Crippen LogP contribution is -2.27. The highest BCUT2D eigenvalue weighted by atomic mass is 32.2. The Labute approximate surface area is 136 Å². The average molecular weight is 333 g/mol. The molecule has 1 aromatic heterocycles. The number of nitrogens with zero attached hydrogens (tertiary/aromatic N) is 3. The number of nitriles is 1. The summed E-state index contributed by atoms with van der Waals surface area (Å²) in [5.74, 6) is -3.02. The van der Waals surface area contributed by atoms with Crippen molar-refractivity contribution in [2.45, 2.75) is 17.3 Å². The number of thioether (sulfide) groups is 1. The summed E-state index contributed by atoms with van der Waals surface area (Å²) in [6.07, 6.45) is 1.38. The number of amides is 1. The summed E-state index contributed by atoms with van der Waals surface area (Å²) in [6, 6.07) is 11.9. The maximum atomic E-state index is 12.6. The Balaban J connectivity index is 2.14. The topological polar surface area (TPSA) is 57.0 Å². The van der Waals surface area contributed by atoms with Gasteiger partial charge in [-0.2, -0.15) is 14.0 Å². The quantitative estimate of drug-likeness (QED) is 0.785. The molecule has 1 heterocycles. The van der Waals surface area contributed by atoms with Gasteiger partial charge in [-0.05, 0) is 41.6 Å². The van der Waals surface area contributed by atoms with E-state index >= 15 is 0 Å². The second kappa shape index (κ2) is 7.70. The summed E-state index contributed by atoms with van der Waals surface area (Å²) in [7, 11) is 1.59. The summed E-state index contributed by atoms with van der Waals surface area (Å²) in [5.41, 5.74) is 1.52. The fourth-order valence-corrected chi connectivity index (χ4v) is 2.54. The molecular weight excluding hydrogens is 320 g/mol. The molecule has 0 unspecified atom stereocenters. The number of hydrogen-bond donors (Lipinski definition) is 0. The number of halogens is 2. The first-order valence-corrected chi connectivity index (χ1v) is 7.53. The monoisotopic (exact) mass is 333 g/mol. The largest absolute Gasteiger partial charge is 0.337 e. The van der Waals surface area contributed by atoms with E-state index in [9.17, 15) is 13.6 Å². The van der Waals surface area contributed by atoms with Crippen molar-refractivity contribution in [2.75, 3.05) is 7.05 Å². The molecular formula is C16H13F2N3OS. The average Bonchev–Trinajstić information content (AvgIpc) is 2.55. The zero-order chi connectivity index (χ0) is 16.8. The van der Waals surface area contributed by atoms with Crippen molar-refractivity contribution in [1.82, 2.24) is 9.88 Å². The normalized spacial score (nSPS) is 10.4. The van der Waals surface area contributed by atoms with E-state index in [1.165, 1.54) is 23.2 Å². The van der Waals surface area contributed by atoms with Crippen molar-refractivity contribution in [3.63, 3.8) is 0 Å². The Morgan fingerprint density at radius 3 is 2.65 bits per heavy atom. The van der Waals surface area contributed by atoms with Crippen LogP contribution in [0.5, 0.6) is 0 Å². The lowest BCUT2D eigenvalue weighted by Gasteiger charge is -2.18. The number of benzene rings is 1. The third kappa shape index (κ3) is 4.50. The molecule has 0 saturated carbocycles. The van der Waals surface area contributed by atoms with Crippen LogP contribution in [0.4, 0.5) is 8.78 Å². The molecule has 0 bridgehead atoms. The maximum Gasteiger partial charge on any atom is 0.290 e. The van der Waals surface area contributed by atoms with Crippen LogP contribution in [0.25, 0.3) is 0 Å². The van der Waals surface area contributed by atoms with Gasteiger partial charge in [-0.3, -0.25) is 4.79 Å². The van der Waals surface area contributed by atoms with Crippen LogP contribution in [0.1, 0.15) is 21.5 Å². The van der Waals surface area contributed by atoms with Crippen LogP contribution in [-0.4, -0.2) is 28.6 Å². The molecule has 2 rings (SSSR count). The predicted octanol–water partition coefficient (Wildman–Crippen LogP) is 3.54. The third-order valence-corrected chi connectivity index (χ3v) is 3.78. The molecule has 0 atom stereocenters. The van der Waals surface area contributed by atoms with Crippen molar-refractivity contribution < 1.29 is 13.6 Å². The summed E-state index contributed by atoms with van der Waals surface area (Å²) in [4.78, 5) is 17.7. The fraction of sp³-hybridized carbons (Fsp3) is 0.188. The minimum Gasteiger partial charge on any atom is -0.337 e. The second-order valence-electron chi connectivity index (χ2n) is 4.70. The van der Waals surface area contributed by atoms with Gasteiger partial charge in [0.2, 0.25) is 0 Å². The standard InChI is InChI=1S/C16H13F2N3OS/c1-21(10-12-6-4-11(9-19)5-7-12)15(22)13-3-2-8-20-14(13)23-16(17)18/h2-8,16H,10H2,1H3. The Bertz CT molecular complexity index is 729. The van der Waals surface area contributed by atoms with Gasteiger partial charge in [-0.1, -0.05) is 12.1 Å². The highest BCUT2D eigenvalue weighted by Gasteiger charge is 2.19. The molecule has 0 saturated heterocycles. The van der Waals surface area contributed by atoms with E-state index in [-0.39, 0.29) is 28.3 Å². The van der Waals surface area contributed by atoms with Crippen LogP contribution in [0, 0.1) is 11.3 Å². The molecule has 7 heteroatoms. The number of carbonyl (C=O) groups excluding carboxylic acids is 1. The van der Waals surface area contributed by atoms with E-state index < -0.39 is 5.76 Å². The number of hydrogen-bond acceptors (Lipinski definition) is 4. The first kappa shape index (κ1) is 16.9. The number of carbonyl (C=O) groups is 1. The number of pyridine rings is 1. The van der Waals surface area contributed by atoms with E-state index in [0.717, 1.165) is 5.56 Å². The van der Waals surface area contributed by atoms with Gasteiger partial charge in [-0.25, -0.2) is 4.98 Å². The molecule has 0 N–H and O–H groups in total. The lowest BCUT2D eigenvalue weighted by molar-refractivity contribution is 0.0781. The number of aromatic nitrogens is 1. The molecule has 0 radical (unpaired) electrons. The SMILES string of the molecule is CN(Cc1ccc(C#N)cc1)C(=O)c1cccnc1SC(F)F. The number of rotatable bonds is 5. The van der Waals surface area contributed by atoms with Gasteiger partial charge >= 0.3 is 0 Å². The van der Waals surface area contributed by atoms with E-state index in [4.69, 9.17) is 5.26 Å². The highest BCUT2D eigenvalue weighted by Crippen LogP contribution is 2.27. The maximum absolute atomic E-state index is 12.6. The van der Waals surface area contributed by atoms with Crippen molar-refractivity contribution in [1.29, 1.82) is 5.26 Å². The van der Waals surface area contributed by atoms with Crippen LogP contribution >= 0.6 is 11.8 Å². The summed E-state index contributed by atoms with van der Waals surface area (Å²) >= 11 is 0.254. The first-order chi connectivity index (χ1) is 11.0. The van der Waals surface area contributed by atoms with E-state index in [2.05, 4.69) is 4.98 Å². The molecule has 2 aromatic rings. The molecule has 1 aromatic carbocycles. The molecule has 0 aliphatic carbocycles. The van der Waals surface area contributed by atoms with Crippen LogP contribution < -0.4 is 0 Å². The second-order valence-corrected chi connectivity index (χ2v) is 5.68. The van der Waals surface area contributed by atoms with Crippen molar-refractivity contribution in [2.24, 2.45) is 0 Å². The van der Waals surface area contributed by atoms with E-state index in [1.807, 2.05) is 6.07 Å². The molecule has 0 aliphatic heterocycles. The molecule has 118 valence electrons. The summed E-state index contributed by atoms with van der Waals surface area (Å²) in [5, 5.41) is 8.78. The summed E-state index contributed by atoms with van der Waals surface area (Å²) in [6.45, 7) is 0.304. The molecule has 4 nitrogen and oxygen atoms in total. The van der Waals surface area contributed by atoms with Gasteiger partial charge in [0.1, 0.15) is 5.03 Å². The van der Waals surface area contributed by atoms with Crippen molar-refractivity contribution >= 4 is 17.7 Å². The lowest BCUT2D eigenvalue weighted by atomic mass is 10.1.